The summed E-state index contributed by atoms with van der Waals surface area (Å²) >= 11 is 0. The molecular weight excluding hydrogens is 152 g/mol. The number of urea groups is 1. The van der Waals surface area contributed by atoms with Crippen LogP contribution in [-0.4, -0.2) is 29.1 Å². The number of carbonyl (C=O) groups is 3. The Kier molecular flexibility index (Phi) is 1.75. The van der Waals surface area contributed by atoms with Crippen LogP contribution in [0.4, 0.5) is 4.79 Å². The first-order valence-corrected chi connectivity index (χ1v) is 2.93. The number of hydrogen-bond donors (Lipinski definition) is 3. The van der Waals surface area contributed by atoms with Crippen molar-refractivity contribution in [2.75, 3.05) is 0 Å². The predicted molar refractivity (Wildman–Crippen MR) is 32.7 cm³/mol. The van der Waals surface area contributed by atoms with Crippen LogP contribution in [0, 0.1) is 0 Å². The highest BCUT2D eigenvalue weighted by atomic mass is 16.4. The van der Waals surface area contributed by atoms with Gasteiger partial charge in [-0.25, -0.2) is 9.59 Å². The summed E-state index contributed by atoms with van der Waals surface area (Å²) in [4.78, 5) is 31.3. The van der Waals surface area contributed by atoms with Gasteiger partial charge in [-0.2, -0.15) is 0 Å². The van der Waals surface area contributed by atoms with E-state index in [0.717, 1.165) is 0 Å². The lowest BCUT2D eigenvalue weighted by molar-refractivity contribution is -0.141. The molecule has 1 rings (SSSR count). The number of rotatable bonds is 1. The fourth-order valence-corrected chi connectivity index (χ4v) is 0.757. The molecule has 3 N–H and O–H groups in total. The molecular formula is C5H6N2O4. The van der Waals surface area contributed by atoms with Gasteiger partial charge in [-0.3, -0.25) is 10.1 Å². The van der Waals surface area contributed by atoms with Crippen molar-refractivity contribution in [1.82, 2.24) is 10.6 Å². The Morgan fingerprint density at radius 1 is 1.55 bits per heavy atom. The van der Waals surface area contributed by atoms with E-state index in [1.54, 1.807) is 0 Å². The zero-order valence-corrected chi connectivity index (χ0v) is 5.46. The number of imide groups is 1. The number of hydrogen-bond acceptors (Lipinski definition) is 3. The standard InChI is InChI=1S/C5H6N2O4/c8-3-1-2(4(9)10)6-5(11)7-3/h2H,1H2,(H,9,10)(H2,6,7,8,11)/t2-/m1/s1. The van der Waals surface area contributed by atoms with Crippen LogP contribution in [0.15, 0.2) is 0 Å². The number of carbonyl (C=O) groups excluding carboxylic acids is 2. The van der Waals surface area contributed by atoms with E-state index in [1.165, 1.54) is 0 Å². The van der Waals surface area contributed by atoms with Crippen molar-refractivity contribution < 1.29 is 19.5 Å². The molecule has 1 aliphatic rings. The molecule has 0 aromatic carbocycles. The van der Waals surface area contributed by atoms with Gasteiger partial charge in [0, 0.05) is 0 Å². The second-order valence-corrected chi connectivity index (χ2v) is 2.12. The summed E-state index contributed by atoms with van der Waals surface area (Å²) in [6, 6.07) is -1.84. The van der Waals surface area contributed by atoms with Gasteiger partial charge in [-0.15, -0.1) is 0 Å². The average Bonchev–Trinajstić information content (AvgIpc) is 1.85. The molecule has 0 saturated carbocycles. The third kappa shape index (κ3) is 1.66. The summed E-state index contributed by atoms with van der Waals surface area (Å²) < 4.78 is 0. The lowest BCUT2D eigenvalue weighted by Gasteiger charge is -2.18. The molecule has 1 saturated heterocycles. The van der Waals surface area contributed by atoms with Crippen molar-refractivity contribution in [3.63, 3.8) is 0 Å². The maximum Gasteiger partial charge on any atom is 0.326 e. The van der Waals surface area contributed by atoms with Crippen LogP contribution < -0.4 is 10.6 Å². The summed E-state index contributed by atoms with van der Waals surface area (Å²) in [6.07, 6.45) is -0.207. The van der Waals surface area contributed by atoms with Gasteiger partial charge in [0.2, 0.25) is 5.91 Å². The molecule has 60 valence electrons. The van der Waals surface area contributed by atoms with Gasteiger partial charge in [0.15, 0.2) is 0 Å². The molecule has 11 heavy (non-hydrogen) atoms. The Labute approximate surface area is 61.6 Å². The second kappa shape index (κ2) is 2.57. The molecule has 0 bridgehead atoms. The van der Waals surface area contributed by atoms with Gasteiger partial charge in [0.1, 0.15) is 6.04 Å². The van der Waals surface area contributed by atoms with E-state index in [0.29, 0.717) is 0 Å². The highest BCUT2D eigenvalue weighted by Gasteiger charge is 2.28. The quantitative estimate of drug-likeness (QED) is 0.440. The van der Waals surface area contributed by atoms with Crippen LogP contribution in [0.25, 0.3) is 0 Å². The molecule has 0 aromatic heterocycles. The minimum atomic E-state index is -1.20. The Balaban J connectivity index is 2.63. The number of amides is 3. The van der Waals surface area contributed by atoms with Crippen LogP contribution in [0.2, 0.25) is 0 Å². The molecule has 6 heteroatoms. The first-order valence-electron chi connectivity index (χ1n) is 2.93. The minimum Gasteiger partial charge on any atom is -0.480 e. The van der Waals surface area contributed by atoms with Gasteiger partial charge in [-0.1, -0.05) is 0 Å². The molecule has 0 spiro atoms. The van der Waals surface area contributed by atoms with Crippen LogP contribution in [0.5, 0.6) is 0 Å². The Morgan fingerprint density at radius 2 is 2.18 bits per heavy atom. The Hall–Kier alpha value is -1.59. The summed E-state index contributed by atoms with van der Waals surface area (Å²) in [5.41, 5.74) is 0. The van der Waals surface area contributed by atoms with E-state index in [1.807, 2.05) is 5.32 Å². The largest absolute Gasteiger partial charge is 0.480 e. The number of nitrogens with one attached hydrogen (secondary N) is 2. The Morgan fingerprint density at radius 3 is 2.64 bits per heavy atom. The average molecular weight is 158 g/mol. The third-order valence-electron chi connectivity index (χ3n) is 1.25. The van der Waals surface area contributed by atoms with Crippen molar-refractivity contribution in [3.05, 3.63) is 0 Å². The van der Waals surface area contributed by atoms with Gasteiger partial charge in [0.05, 0.1) is 6.42 Å². The van der Waals surface area contributed by atoms with Crippen molar-refractivity contribution in [1.29, 1.82) is 0 Å². The maximum atomic E-state index is 10.6. The number of carboxylic acids is 1. The molecule has 3 amide bonds. The number of carboxylic acid groups (broad SMARTS) is 1. The summed E-state index contributed by atoms with van der Waals surface area (Å²) in [5.74, 6) is -1.77. The van der Waals surface area contributed by atoms with Crippen molar-refractivity contribution in [3.8, 4) is 0 Å². The van der Waals surface area contributed by atoms with Gasteiger partial charge < -0.3 is 10.4 Å². The molecule has 1 fully saturated rings. The van der Waals surface area contributed by atoms with Crippen molar-refractivity contribution >= 4 is 17.9 Å². The monoisotopic (exact) mass is 158 g/mol. The molecule has 1 atom stereocenters. The van der Waals surface area contributed by atoms with E-state index < -0.39 is 23.9 Å². The Bertz CT molecular complexity index is 209. The van der Waals surface area contributed by atoms with E-state index in [4.69, 9.17) is 5.11 Å². The van der Waals surface area contributed by atoms with Gasteiger partial charge >= 0.3 is 12.0 Å². The molecule has 0 radical (unpaired) electrons. The molecule has 0 aromatic rings. The lowest BCUT2D eigenvalue weighted by Crippen LogP contribution is -2.55. The van der Waals surface area contributed by atoms with E-state index in [-0.39, 0.29) is 6.42 Å². The van der Waals surface area contributed by atoms with Gasteiger partial charge in [0.25, 0.3) is 0 Å². The smallest absolute Gasteiger partial charge is 0.326 e. The molecule has 0 unspecified atom stereocenters. The van der Waals surface area contributed by atoms with Crippen LogP contribution in [0.3, 0.4) is 0 Å². The third-order valence-corrected chi connectivity index (χ3v) is 1.25. The zero-order chi connectivity index (χ0) is 8.43. The number of aliphatic carboxylic acids is 1. The summed E-state index contributed by atoms with van der Waals surface area (Å²) in [5, 5.41) is 12.4. The zero-order valence-electron chi connectivity index (χ0n) is 5.46. The summed E-state index contributed by atoms with van der Waals surface area (Å²) in [6.45, 7) is 0. The summed E-state index contributed by atoms with van der Waals surface area (Å²) in [7, 11) is 0. The molecule has 0 aliphatic carbocycles. The first kappa shape index (κ1) is 7.52. The SMILES string of the molecule is O=C1C[C@H](C(=O)O)NC(=O)N1. The molecule has 6 nitrogen and oxygen atoms in total. The van der Waals surface area contributed by atoms with E-state index in [2.05, 4.69) is 5.32 Å². The highest BCUT2D eigenvalue weighted by molar-refractivity contribution is 6.01. The second-order valence-electron chi connectivity index (χ2n) is 2.12. The maximum absolute atomic E-state index is 10.6. The normalized spacial score (nSPS) is 23.8. The van der Waals surface area contributed by atoms with Gasteiger partial charge in [-0.05, 0) is 0 Å². The molecule has 1 aliphatic heterocycles. The van der Waals surface area contributed by atoms with Crippen molar-refractivity contribution in [2.24, 2.45) is 0 Å². The fraction of sp³-hybridized carbons (Fsp3) is 0.400. The van der Waals surface area contributed by atoms with Crippen LogP contribution >= 0.6 is 0 Å². The van der Waals surface area contributed by atoms with E-state index in [9.17, 15) is 14.4 Å². The van der Waals surface area contributed by atoms with Crippen molar-refractivity contribution in [2.45, 2.75) is 12.5 Å². The lowest BCUT2D eigenvalue weighted by atomic mass is 10.2. The minimum absolute atomic E-state index is 0.207. The topological polar surface area (TPSA) is 95.5 Å². The molecule has 1 heterocycles. The van der Waals surface area contributed by atoms with E-state index >= 15 is 0 Å². The predicted octanol–water partition coefficient (Wildman–Crippen LogP) is -1.33. The highest BCUT2D eigenvalue weighted by Crippen LogP contribution is 1.97. The first-order chi connectivity index (χ1) is 5.09. The van der Waals surface area contributed by atoms with Crippen LogP contribution in [0.1, 0.15) is 6.42 Å². The van der Waals surface area contributed by atoms with Crippen LogP contribution in [-0.2, 0) is 9.59 Å². The fourth-order valence-electron chi connectivity index (χ4n) is 0.757.